The van der Waals surface area contributed by atoms with Crippen molar-refractivity contribution in [2.24, 2.45) is 5.41 Å². The molecule has 40 heavy (non-hydrogen) atoms. The Morgan fingerprint density at radius 3 is 2.23 bits per heavy atom. The average molecular weight is 543 g/mol. The average Bonchev–Trinajstić information content (AvgIpc) is 2.90. The molecule has 0 aliphatic carbocycles. The first-order chi connectivity index (χ1) is 19.0. The fourth-order valence-corrected chi connectivity index (χ4v) is 4.79. The second-order valence-corrected chi connectivity index (χ2v) is 11.6. The molecule has 6 heteroatoms. The molecule has 6 nitrogen and oxygen atoms in total. The van der Waals surface area contributed by atoms with Gasteiger partial charge in [-0.2, -0.15) is 0 Å². The molecule has 0 unspecified atom stereocenters. The third kappa shape index (κ3) is 8.80. The minimum absolute atomic E-state index is 0.166. The fourth-order valence-electron chi connectivity index (χ4n) is 4.79. The maximum Gasteiger partial charge on any atom is 0.303 e. The second kappa shape index (κ2) is 13.9. The molecule has 3 rings (SSSR count). The van der Waals surface area contributed by atoms with Crippen LogP contribution in [0.25, 0.3) is 11.1 Å². The van der Waals surface area contributed by atoms with Crippen molar-refractivity contribution < 1.29 is 19.5 Å². The summed E-state index contributed by atoms with van der Waals surface area (Å²) >= 11 is 0. The van der Waals surface area contributed by atoms with E-state index in [1.54, 1.807) is 0 Å². The van der Waals surface area contributed by atoms with Crippen molar-refractivity contribution in [3.8, 4) is 11.1 Å². The number of rotatable bonds is 12. The summed E-state index contributed by atoms with van der Waals surface area (Å²) in [5.74, 6) is -1.31. The molecule has 2 amide bonds. The van der Waals surface area contributed by atoms with Crippen LogP contribution >= 0.6 is 0 Å². The van der Waals surface area contributed by atoms with E-state index in [1.165, 1.54) is 0 Å². The predicted octanol–water partition coefficient (Wildman–Crippen LogP) is 6.87. The Bertz CT molecular complexity index is 1310. The van der Waals surface area contributed by atoms with E-state index in [1.807, 2.05) is 107 Å². The van der Waals surface area contributed by atoms with Crippen LogP contribution in [0.3, 0.4) is 0 Å². The number of hydrogen-bond acceptors (Lipinski definition) is 3. The summed E-state index contributed by atoms with van der Waals surface area (Å²) in [7, 11) is 0. The maximum atomic E-state index is 13.9. The highest BCUT2D eigenvalue weighted by atomic mass is 16.4. The molecule has 0 fully saturated rings. The quantitative estimate of drug-likeness (QED) is 0.218. The van der Waals surface area contributed by atoms with Gasteiger partial charge in [0.05, 0.1) is 6.04 Å². The largest absolute Gasteiger partial charge is 0.481 e. The smallest absolute Gasteiger partial charge is 0.303 e. The number of amides is 2. The second-order valence-electron chi connectivity index (χ2n) is 11.6. The van der Waals surface area contributed by atoms with Crippen molar-refractivity contribution in [3.63, 3.8) is 0 Å². The van der Waals surface area contributed by atoms with E-state index < -0.39 is 17.4 Å². The first kappa shape index (κ1) is 30.6. The molecule has 3 aromatic carbocycles. The van der Waals surface area contributed by atoms with Crippen molar-refractivity contribution in [1.82, 2.24) is 10.6 Å². The number of carboxylic acids is 1. The summed E-state index contributed by atoms with van der Waals surface area (Å²) < 4.78 is 0. The Morgan fingerprint density at radius 1 is 0.850 bits per heavy atom. The molecule has 0 bridgehead atoms. The summed E-state index contributed by atoms with van der Waals surface area (Å²) in [6.07, 6.45) is 3.18. The molecule has 2 atom stereocenters. The van der Waals surface area contributed by atoms with E-state index >= 15 is 0 Å². The van der Waals surface area contributed by atoms with E-state index in [-0.39, 0.29) is 24.3 Å². The predicted molar refractivity (Wildman–Crippen MR) is 160 cm³/mol. The SMILES string of the molecule is Cc1cccc(-c2ccc(CCCCCC(=O)O)cc2C(=O)N[C@H](C(=O)N[C@H](C)c2ccccc2)C(C)(C)C)c1. The van der Waals surface area contributed by atoms with Gasteiger partial charge in [-0.25, -0.2) is 0 Å². The van der Waals surface area contributed by atoms with Gasteiger partial charge in [-0.3, -0.25) is 14.4 Å². The number of hydrogen-bond donors (Lipinski definition) is 3. The molecule has 0 saturated heterocycles. The lowest BCUT2D eigenvalue weighted by Gasteiger charge is -2.32. The number of unbranched alkanes of at least 4 members (excludes halogenated alkanes) is 2. The first-order valence-electron chi connectivity index (χ1n) is 14.0. The first-order valence-corrected chi connectivity index (χ1v) is 14.0. The van der Waals surface area contributed by atoms with Crippen LogP contribution in [0.5, 0.6) is 0 Å². The minimum Gasteiger partial charge on any atom is -0.481 e. The summed E-state index contributed by atoms with van der Waals surface area (Å²) in [5.41, 5.74) is 4.83. The summed E-state index contributed by atoms with van der Waals surface area (Å²) in [6, 6.07) is 22.7. The normalized spacial score (nSPS) is 12.8. The van der Waals surface area contributed by atoms with Crippen molar-refractivity contribution in [2.75, 3.05) is 0 Å². The van der Waals surface area contributed by atoms with E-state index in [9.17, 15) is 14.4 Å². The van der Waals surface area contributed by atoms with Gasteiger partial charge >= 0.3 is 5.97 Å². The molecule has 3 aromatic rings. The standard InChI is InChI=1S/C34H42N2O4/c1-23-13-12-17-27(21-23)28-20-19-25(14-8-6-11-18-30(37)38)22-29(28)32(39)36-31(34(3,4)5)33(40)35-24(2)26-15-9-7-10-16-26/h7,9-10,12-13,15-17,19-22,24,31H,6,8,11,14,18H2,1-5H3,(H,35,40)(H,36,39)(H,37,38)/t24-,31-/m1/s1. The van der Waals surface area contributed by atoms with Crippen molar-refractivity contribution in [3.05, 3.63) is 95.1 Å². The van der Waals surface area contributed by atoms with Gasteiger partial charge in [0.15, 0.2) is 0 Å². The van der Waals surface area contributed by atoms with Crippen LogP contribution < -0.4 is 10.6 Å². The lowest BCUT2D eigenvalue weighted by atomic mass is 9.85. The Balaban J connectivity index is 1.86. The van der Waals surface area contributed by atoms with E-state index in [4.69, 9.17) is 5.11 Å². The number of carbonyl (C=O) groups is 3. The van der Waals surface area contributed by atoms with Crippen LogP contribution in [0.1, 0.15) is 86.5 Å². The van der Waals surface area contributed by atoms with Gasteiger partial charge < -0.3 is 15.7 Å². The molecule has 212 valence electrons. The van der Waals surface area contributed by atoms with Gasteiger partial charge in [-0.05, 0) is 66.8 Å². The van der Waals surface area contributed by atoms with Gasteiger partial charge in [0.25, 0.3) is 5.91 Å². The van der Waals surface area contributed by atoms with Crippen LogP contribution in [-0.2, 0) is 16.0 Å². The zero-order chi connectivity index (χ0) is 29.3. The summed E-state index contributed by atoms with van der Waals surface area (Å²) in [4.78, 5) is 38.2. The number of aliphatic carboxylic acids is 1. The van der Waals surface area contributed by atoms with E-state index in [0.29, 0.717) is 12.0 Å². The molecule has 0 saturated carbocycles. The monoisotopic (exact) mass is 542 g/mol. The highest BCUT2D eigenvalue weighted by molar-refractivity contribution is 6.03. The molecular weight excluding hydrogens is 500 g/mol. The molecule has 0 radical (unpaired) electrons. The van der Waals surface area contributed by atoms with Crippen LogP contribution in [0, 0.1) is 12.3 Å². The molecule has 0 spiro atoms. The molecule has 0 heterocycles. The van der Waals surface area contributed by atoms with Crippen LogP contribution in [0.15, 0.2) is 72.8 Å². The van der Waals surface area contributed by atoms with Gasteiger partial charge in [0, 0.05) is 12.0 Å². The minimum atomic E-state index is -0.780. The highest BCUT2D eigenvalue weighted by Crippen LogP contribution is 2.28. The number of aryl methyl sites for hydroxylation is 2. The Hall–Kier alpha value is -3.93. The topological polar surface area (TPSA) is 95.5 Å². The third-order valence-electron chi connectivity index (χ3n) is 7.08. The van der Waals surface area contributed by atoms with Gasteiger partial charge in [-0.1, -0.05) is 99.5 Å². The lowest BCUT2D eigenvalue weighted by Crippen LogP contribution is -2.54. The molecule has 0 aliphatic rings. The van der Waals surface area contributed by atoms with Crippen molar-refractivity contribution in [1.29, 1.82) is 0 Å². The fraction of sp³-hybridized carbons (Fsp3) is 0.382. The number of nitrogens with one attached hydrogen (secondary N) is 2. The van der Waals surface area contributed by atoms with E-state index in [0.717, 1.165) is 47.1 Å². The Morgan fingerprint density at radius 2 is 1.57 bits per heavy atom. The summed E-state index contributed by atoms with van der Waals surface area (Å²) in [6.45, 7) is 9.78. The zero-order valence-electron chi connectivity index (χ0n) is 24.3. The van der Waals surface area contributed by atoms with Gasteiger partial charge in [-0.15, -0.1) is 0 Å². The molecule has 3 N–H and O–H groups in total. The number of benzene rings is 3. The van der Waals surface area contributed by atoms with Crippen LogP contribution in [0.4, 0.5) is 0 Å². The van der Waals surface area contributed by atoms with Crippen LogP contribution in [0.2, 0.25) is 0 Å². The number of carboxylic acid groups (broad SMARTS) is 1. The highest BCUT2D eigenvalue weighted by Gasteiger charge is 2.34. The van der Waals surface area contributed by atoms with Crippen molar-refractivity contribution >= 4 is 17.8 Å². The molecular formula is C34H42N2O4. The van der Waals surface area contributed by atoms with Gasteiger partial charge in [0.2, 0.25) is 5.91 Å². The van der Waals surface area contributed by atoms with E-state index in [2.05, 4.69) is 10.6 Å². The summed E-state index contributed by atoms with van der Waals surface area (Å²) in [5, 5.41) is 15.0. The lowest BCUT2D eigenvalue weighted by molar-refractivity contribution is -0.137. The molecule has 0 aliphatic heterocycles. The van der Waals surface area contributed by atoms with Gasteiger partial charge in [0.1, 0.15) is 6.04 Å². The number of carbonyl (C=O) groups excluding carboxylic acids is 2. The maximum absolute atomic E-state index is 13.9. The Kier molecular flexibility index (Phi) is 10.7. The van der Waals surface area contributed by atoms with Crippen molar-refractivity contribution in [2.45, 2.75) is 78.8 Å². The van der Waals surface area contributed by atoms with Crippen LogP contribution in [-0.4, -0.2) is 28.9 Å². The Labute approximate surface area is 238 Å². The third-order valence-corrected chi connectivity index (χ3v) is 7.08. The molecule has 0 aromatic heterocycles. The zero-order valence-corrected chi connectivity index (χ0v) is 24.3.